The van der Waals surface area contributed by atoms with Crippen LogP contribution in [0, 0.1) is 6.92 Å². The lowest BCUT2D eigenvalue weighted by Gasteiger charge is -2.03. The zero-order chi connectivity index (χ0) is 10.4. The number of rotatable bonds is 4. The van der Waals surface area contributed by atoms with Gasteiger partial charge in [-0.15, -0.1) is 0 Å². The van der Waals surface area contributed by atoms with Crippen molar-refractivity contribution in [3.05, 3.63) is 47.3 Å². The highest BCUT2D eigenvalue weighted by Crippen LogP contribution is 2.10. The Labute approximate surface area is 84.4 Å². The van der Waals surface area contributed by atoms with Crippen LogP contribution in [-0.4, -0.2) is 6.54 Å². The van der Waals surface area contributed by atoms with Crippen molar-refractivity contribution in [2.45, 2.75) is 19.8 Å². The van der Waals surface area contributed by atoms with Crippen LogP contribution >= 0.6 is 0 Å². The van der Waals surface area contributed by atoms with Gasteiger partial charge in [-0.05, 0) is 30.9 Å². The van der Waals surface area contributed by atoms with E-state index < -0.39 is 0 Å². The van der Waals surface area contributed by atoms with Crippen molar-refractivity contribution in [2.75, 3.05) is 6.54 Å². The molecule has 0 heterocycles. The van der Waals surface area contributed by atoms with E-state index in [1.54, 1.807) is 0 Å². The zero-order valence-corrected chi connectivity index (χ0v) is 8.46. The summed E-state index contributed by atoms with van der Waals surface area (Å²) in [6.07, 6.45) is 2.18. The van der Waals surface area contributed by atoms with Crippen LogP contribution in [0.5, 0.6) is 0 Å². The van der Waals surface area contributed by atoms with Crippen LogP contribution < -0.4 is 5.73 Å². The van der Waals surface area contributed by atoms with Crippen molar-refractivity contribution >= 4 is 0 Å². The van der Waals surface area contributed by atoms with E-state index in [4.69, 9.17) is 5.73 Å². The molecule has 1 aromatic carbocycles. The Morgan fingerprint density at radius 1 is 1.50 bits per heavy atom. The Morgan fingerprint density at radius 3 is 2.86 bits per heavy atom. The van der Waals surface area contributed by atoms with Crippen molar-refractivity contribution in [1.82, 2.24) is 0 Å². The summed E-state index contributed by atoms with van der Waals surface area (Å²) in [5.41, 5.74) is 8.51. The van der Waals surface area contributed by atoms with E-state index >= 15 is 0 Å². The van der Waals surface area contributed by atoms with Gasteiger partial charge < -0.3 is 5.73 Å². The summed E-state index contributed by atoms with van der Waals surface area (Å²) in [6.45, 7) is 2.36. The summed E-state index contributed by atoms with van der Waals surface area (Å²) in [5, 5.41) is 0. The van der Waals surface area contributed by atoms with Gasteiger partial charge in [-0.3, -0.25) is 0 Å². The first-order valence-corrected chi connectivity index (χ1v) is 4.80. The van der Waals surface area contributed by atoms with Crippen molar-refractivity contribution in [3.63, 3.8) is 0 Å². The van der Waals surface area contributed by atoms with Gasteiger partial charge in [-0.1, -0.05) is 29.8 Å². The molecule has 1 rings (SSSR count). The minimum Gasteiger partial charge on any atom is -0.327 e. The van der Waals surface area contributed by atoms with Gasteiger partial charge in [0.1, 0.15) is 0 Å². The van der Waals surface area contributed by atoms with E-state index in [0.29, 0.717) is 24.9 Å². The highest BCUT2D eigenvalue weighted by Gasteiger charge is 1.97. The number of halogens is 1. The van der Waals surface area contributed by atoms with E-state index in [1.807, 2.05) is 6.07 Å². The van der Waals surface area contributed by atoms with Crippen LogP contribution in [0.4, 0.5) is 4.39 Å². The van der Waals surface area contributed by atoms with Gasteiger partial charge in [0.15, 0.2) is 0 Å². The van der Waals surface area contributed by atoms with Crippen molar-refractivity contribution in [1.29, 1.82) is 0 Å². The largest absolute Gasteiger partial charge is 0.327 e. The van der Waals surface area contributed by atoms with Crippen LogP contribution in [0.3, 0.4) is 0 Å². The summed E-state index contributed by atoms with van der Waals surface area (Å²) in [6, 6.07) is 8.25. The molecule has 0 aromatic heterocycles. The Hall–Kier alpha value is -1.15. The molecule has 0 saturated heterocycles. The van der Waals surface area contributed by atoms with Crippen LogP contribution in [0.25, 0.3) is 0 Å². The maximum absolute atomic E-state index is 12.2. The van der Waals surface area contributed by atoms with Gasteiger partial charge in [-0.2, -0.15) is 0 Å². The van der Waals surface area contributed by atoms with E-state index in [0.717, 1.165) is 6.42 Å². The first-order chi connectivity index (χ1) is 6.76. The van der Waals surface area contributed by atoms with Crippen LogP contribution in [0.1, 0.15) is 17.5 Å². The standard InChI is InChI=1S/C12H16FN/c1-10-3-2-4-11(7-10)5-6-12(8-13)9-14/h2-4,7-8H,5-6,9,14H2,1H3/b12-8-. The van der Waals surface area contributed by atoms with Crippen molar-refractivity contribution in [2.24, 2.45) is 5.73 Å². The second-order valence-electron chi connectivity index (χ2n) is 3.46. The normalized spacial score (nSPS) is 11.8. The minimum atomic E-state index is 0.308. The molecule has 0 bridgehead atoms. The fraction of sp³-hybridized carbons (Fsp3) is 0.333. The molecule has 0 saturated carbocycles. The molecule has 0 amide bonds. The summed E-state index contributed by atoms with van der Waals surface area (Å²) >= 11 is 0. The Morgan fingerprint density at radius 2 is 2.29 bits per heavy atom. The third-order valence-electron chi connectivity index (χ3n) is 2.23. The van der Waals surface area contributed by atoms with Gasteiger partial charge in [0, 0.05) is 6.54 Å². The summed E-state index contributed by atoms with van der Waals surface area (Å²) in [4.78, 5) is 0. The molecular formula is C12H16FN. The first-order valence-electron chi connectivity index (χ1n) is 4.80. The lowest BCUT2D eigenvalue weighted by atomic mass is 10.0. The van der Waals surface area contributed by atoms with E-state index in [2.05, 4.69) is 25.1 Å². The molecule has 14 heavy (non-hydrogen) atoms. The molecule has 2 N–H and O–H groups in total. The SMILES string of the molecule is Cc1cccc(CC/C(=C/F)CN)c1. The number of benzene rings is 1. The predicted octanol–water partition coefficient (Wildman–Crippen LogP) is 2.74. The zero-order valence-electron chi connectivity index (χ0n) is 8.46. The molecule has 0 atom stereocenters. The molecule has 0 spiro atoms. The van der Waals surface area contributed by atoms with Crippen LogP contribution in [0.15, 0.2) is 36.2 Å². The molecular weight excluding hydrogens is 177 g/mol. The molecule has 0 aliphatic heterocycles. The molecule has 0 aliphatic rings. The molecule has 1 aromatic rings. The second-order valence-corrected chi connectivity index (χ2v) is 3.46. The highest BCUT2D eigenvalue weighted by molar-refractivity contribution is 5.23. The van der Waals surface area contributed by atoms with E-state index in [-0.39, 0.29) is 0 Å². The van der Waals surface area contributed by atoms with E-state index in [9.17, 15) is 4.39 Å². The molecule has 0 fully saturated rings. The van der Waals surface area contributed by atoms with Gasteiger partial charge in [0.25, 0.3) is 0 Å². The van der Waals surface area contributed by atoms with Crippen LogP contribution in [-0.2, 0) is 6.42 Å². The molecule has 0 unspecified atom stereocenters. The fourth-order valence-electron chi connectivity index (χ4n) is 1.37. The average molecular weight is 193 g/mol. The third-order valence-corrected chi connectivity index (χ3v) is 2.23. The lowest BCUT2D eigenvalue weighted by Crippen LogP contribution is -2.03. The second kappa shape index (κ2) is 5.55. The average Bonchev–Trinajstić information content (AvgIpc) is 2.19. The van der Waals surface area contributed by atoms with Gasteiger partial charge >= 0.3 is 0 Å². The van der Waals surface area contributed by atoms with Crippen molar-refractivity contribution < 1.29 is 4.39 Å². The third kappa shape index (κ3) is 3.30. The van der Waals surface area contributed by atoms with Gasteiger partial charge in [0.05, 0.1) is 6.33 Å². The molecule has 1 nitrogen and oxygen atoms in total. The first kappa shape index (κ1) is 10.9. The maximum Gasteiger partial charge on any atom is 0.0871 e. The Bertz CT molecular complexity index is 318. The lowest BCUT2D eigenvalue weighted by molar-refractivity contribution is 0.692. The number of hydrogen-bond donors (Lipinski definition) is 1. The van der Waals surface area contributed by atoms with Gasteiger partial charge in [0.2, 0.25) is 0 Å². The summed E-state index contributed by atoms with van der Waals surface area (Å²) in [7, 11) is 0. The minimum absolute atomic E-state index is 0.308. The smallest absolute Gasteiger partial charge is 0.0871 e. The molecule has 0 radical (unpaired) electrons. The molecule has 0 aliphatic carbocycles. The molecule has 76 valence electrons. The number of nitrogens with two attached hydrogens (primary N) is 1. The monoisotopic (exact) mass is 193 g/mol. The fourth-order valence-corrected chi connectivity index (χ4v) is 1.37. The Kier molecular flexibility index (Phi) is 4.33. The summed E-state index contributed by atoms with van der Waals surface area (Å²) < 4.78 is 12.2. The number of aryl methyl sites for hydroxylation is 2. The predicted molar refractivity (Wildman–Crippen MR) is 57.7 cm³/mol. The van der Waals surface area contributed by atoms with E-state index in [1.165, 1.54) is 11.1 Å². The quantitative estimate of drug-likeness (QED) is 0.781. The topological polar surface area (TPSA) is 26.0 Å². The molecule has 2 heteroatoms. The summed E-state index contributed by atoms with van der Waals surface area (Å²) in [5.74, 6) is 0. The van der Waals surface area contributed by atoms with Crippen molar-refractivity contribution in [3.8, 4) is 0 Å². The highest BCUT2D eigenvalue weighted by atomic mass is 19.1. The Balaban J connectivity index is 2.53. The maximum atomic E-state index is 12.2. The van der Waals surface area contributed by atoms with Gasteiger partial charge in [-0.25, -0.2) is 4.39 Å². The van der Waals surface area contributed by atoms with Crippen LogP contribution in [0.2, 0.25) is 0 Å². The number of hydrogen-bond acceptors (Lipinski definition) is 1.